The summed E-state index contributed by atoms with van der Waals surface area (Å²) in [6.45, 7) is 13.1. The highest BCUT2D eigenvalue weighted by molar-refractivity contribution is 5.38. The lowest BCUT2D eigenvalue weighted by molar-refractivity contribution is 0.571. The Labute approximate surface area is 88.6 Å². The number of hydrogen-bond donors (Lipinski definition) is 1. The van der Waals surface area contributed by atoms with Gasteiger partial charge in [0.25, 0.3) is 0 Å². The highest BCUT2D eigenvalue weighted by atomic mass is 14.9. The fourth-order valence-corrected chi connectivity index (χ4v) is 1.71. The van der Waals surface area contributed by atoms with Crippen molar-refractivity contribution in [3.05, 3.63) is 36.0 Å². The summed E-state index contributed by atoms with van der Waals surface area (Å²) in [5, 5.41) is 3.43. The van der Waals surface area contributed by atoms with Crippen molar-refractivity contribution in [2.45, 2.75) is 40.2 Å². The minimum atomic E-state index is 0.495. The smallest absolute Gasteiger partial charge is 0.0291 e. The van der Waals surface area contributed by atoms with Crippen molar-refractivity contribution in [3.8, 4) is 0 Å². The van der Waals surface area contributed by atoms with E-state index in [0.717, 1.165) is 13.0 Å². The third-order valence-electron chi connectivity index (χ3n) is 2.31. The van der Waals surface area contributed by atoms with Gasteiger partial charge in [-0.1, -0.05) is 38.7 Å². The van der Waals surface area contributed by atoms with E-state index in [-0.39, 0.29) is 0 Å². The van der Waals surface area contributed by atoms with Crippen LogP contribution in [0.1, 0.15) is 34.1 Å². The van der Waals surface area contributed by atoms with Crippen LogP contribution in [0.15, 0.2) is 36.0 Å². The normalized spacial score (nSPS) is 27.0. The molecule has 0 saturated carbocycles. The van der Waals surface area contributed by atoms with Gasteiger partial charge in [-0.3, -0.25) is 0 Å². The highest BCUT2D eigenvalue weighted by Crippen LogP contribution is 2.21. The number of rotatable bonds is 1. The van der Waals surface area contributed by atoms with E-state index in [0.29, 0.717) is 6.04 Å². The SMILES string of the molecule is C=C/C=C1/CCNC(C)/C1=C/C.CC. The van der Waals surface area contributed by atoms with Crippen molar-refractivity contribution in [3.63, 3.8) is 0 Å². The van der Waals surface area contributed by atoms with Crippen LogP contribution < -0.4 is 5.32 Å². The summed E-state index contributed by atoms with van der Waals surface area (Å²) in [5.74, 6) is 0. The molecule has 1 aliphatic heterocycles. The van der Waals surface area contributed by atoms with Crippen molar-refractivity contribution >= 4 is 0 Å². The largest absolute Gasteiger partial charge is 0.310 e. The molecular formula is C13H23N. The van der Waals surface area contributed by atoms with E-state index in [2.05, 4.69) is 37.9 Å². The van der Waals surface area contributed by atoms with E-state index < -0.39 is 0 Å². The first kappa shape index (κ1) is 13.2. The Hall–Kier alpha value is -0.820. The van der Waals surface area contributed by atoms with E-state index in [1.165, 1.54) is 11.1 Å². The molecule has 1 heterocycles. The van der Waals surface area contributed by atoms with Gasteiger partial charge in [0.05, 0.1) is 0 Å². The van der Waals surface area contributed by atoms with E-state index in [9.17, 15) is 0 Å². The van der Waals surface area contributed by atoms with Crippen molar-refractivity contribution in [1.29, 1.82) is 0 Å². The molecule has 0 aromatic carbocycles. The summed E-state index contributed by atoms with van der Waals surface area (Å²) in [5.41, 5.74) is 2.85. The highest BCUT2D eigenvalue weighted by Gasteiger charge is 2.16. The topological polar surface area (TPSA) is 12.0 Å². The lowest BCUT2D eigenvalue weighted by Crippen LogP contribution is -2.34. The predicted molar refractivity (Wildman–Crippen MR) is 65.5 cm³/mol. The van der Waals surface area contributed by atoms with Crippen LogP contribution in [0.5, 0.6) is 0 Å². The van der Waals surface area contributed by atoms with Gasteiger partial charge in [-0.25, -0.2) is 0 Å². The molecule has 0 aliphatic carbocycles. The summed E-state index contributed by atoms with van der Waals surface area (Å²) in [6, 6.07) is 0.495. The fraction of sp³-hybridized carbons (Fsp3) is 0.538. The van der Waals surface area contributed by atoms with Crippen LogP contribution >= 0.6 is 0 Å². The number of allylic oxidation sites excluding steroid dienone is 3. The molecule has 80 valence electrons. The Kier molecular flexibility index (Phi) is 7.13. The second-order valence-corrected chi connectivity index (χ2v) is 3.10. The van der Waals surface area contributed by atoms with Crippen molar-refractivity contribution in [2.75, 3.05) is 6.54 Å². The molecule has 1 unspecified atom stereocenters. The van der Waals surface area contributed by atoms with Crippen LogP contribution in [0.25, 0.3) is 0 Å². The average Bonchev–Trinajstić information content (AvgIpc) is 2.22. The second-order valence-electron chi connectivity index (χ2n) is 3.10. The Balaban J connectivity index is 0.000000791. The predicted octanol–water partition coefficient (Wildman–Crippen LogP) is 3.45. The Morgan fingerprint density at radius 3 is 2.57 bits per heavy atom. The molecule has 1 saturated heterocycles. The van der Waals surface area contributed by atoms with Crippen molar-refractivity contribution in [1.82, 2.24) is 5.32 Å². The van der Waals surface area contributed by atoms with Crippen LogP contribution in [-0.4, -0.2) is 12.6 Å². The van der Waals surface area contributed by atoms with E-state index in [4.69, 9.17) is 0 Å². The first-order valence-corrected chi connectivity index (χ1v) is 5.51. The molecule has 1 nitrogen and oxygen atoms in total. The summed E-state index contributed by atoms with van der Waals surface area (Å²) in [4.78, 5) is 0. The minimum Gasteiger partial charge on any atom is -0.310 e. The third-order valence-corrected chi connectivity index (χ3v) is 2.31. The monoisotopic (exact) mass is 193 g/mol. The molecule has 0 radical (unpaired) electrons. The van der Waals surface area contributed by atoms with E-state index in [1.54, 1.807) is 0 Å². The summed E-state index contributed by atoms with van der Waals surface area (Å²) < 4.78 is 0. The molecule has 1 N–H and O–H groups in total. The van der Waals surface area contributed by atoms with Gasteiger partial charge in [0.2, 0.25) is 0 Å². The molecule has 1 rings (SSSR count). The zero-order valence-corrected chi connectivity index (χ0v) is 9.93. The molecule has 0 spiro atoms. The van der Waals surface area contributed by atoms with Gasteiger partial charge >= 0.3 is 0 Å². The first-order valence-electron chi connectivity index (χ1n) is 5.51. The van der Waals surface area contributed by atoms with Crippen LogP contribution in [0.4, 0.5) is 0 Å². The molecule has 0 aromatic rings. The molecule has 1 heteroatoms. The maximum Gasteiger partial charge on any atom is 0.0291 e. The van der Waals surface area contributed by atoms with Gasteiger partial charge in [0, 0.05) is 6.04 Å². The van der Waals surface area contributed by atoms with Crippen molar-refractivity contribution in [2.24, 2.45) is 0 Å². The molecule has 1 fully saturated rings. The summed E-state index contributed by atoms with van der Waals surface area (Å²) in [7, 11) is 0. The first-order chi connectivity index (χ1) is 6.79. The van der Waals surface area contributed by atoms with Gasteiger partial charge in [-0.15, -0.1) is 0 Å². The van der Waals surface area contributed by atoms with Crippen LogP contribution in [0, 0.1) is 0 Å². The zero-order chi connectivity index (χ0) is 11.0. The molecule has 0 bridgehead atoms. The molecule has 0 aromatic heterocycles. The van der Waals surface area contributed by atoms with E-state index >= 15 is 0 Å². The molecule has 1 atom stereocenters. The van der Waals surface area contributed by atoms with E-state index in [1.807, 2.05) is 19.9 Å². The molecule has 0 amide bonds. The zero-order valence-electron chi connectivity index (χ0n) is 9.93. The minimum absolute atomic E-state index is 0.495. The summed E-state index contributed by atoms with van der Waals surface area (Å²) >= 11 is 0. The van der Waals surface area contributed by atoms with Gasteiger partial charge in [0.1, 0.15) is 0 Å². The quantitative estimate of drug-likeness (QED) is 0.672. The van der Waals surface area contributed by atoms with Gasteiger partial charge in [-0.2, -0.15) is 0 Å². The number of piperidine rings is 1. The number of hydrogen-bond acceptors (Lipinski definition) is 1. The maximum atomic E-state index is 3.72. The van der Waals surface area contributed by atoms with Crippen LogP contribution in [0.3, 0.4) is 0 Å². The second kappa shape index (κ2) is 7.57. The Morgan fingerprint density at radius 2 is 2.07 bits per heavy atom. The summed E-state index contributed by atoms with van der Waals surface area (Å²) in [6.07, 6.45) is 7.30. The number of nitrogens with one attached hydrogen (secondary N) is 1. The third kappa shape index (κ3) is 3.51. The van der Waals surface area contributed by atoms with Gasteiger partial charge in [-0.05, 0) is 38.0 Å². The molecule has 14 heavy (non-hydrogen) atoms. The maximum absolute atomic E-state index is 3.72. The standard InChI is InChI=1S/C11H17N.C2H6/c1-4-6-10-7-8-12-9(3)11(10)5-2;1-2/h4-6,9,12H,1,7-8H2,2-3H3;1-2H3/b10-6-,11-5-;. The lowest BCUT2D eigenvalue weighted by atomic mass is 9.92. The van der Waals surface area contributed by atoms with Crippen molar-refractivity contribution < 1.29 is 0 Å². The van der Waals surface area contributed by atoms with Gasteiger partial charge < -0.3 is 5.32 Å². The van der Waals surface area contributed by atoms with Crippen LogP contribution in [0.2, 0.25) is 0 Å². The Bertz CT molecular complexity index is 223. The Morgan fingerprint density at radius 1 is 1.43 bits per heavy atom. The van der Waals surface area contributed by atoms with Gasteiger partial charge in [0.15, 0.2) is 0 Å². The molecule has 1 aliphatic rings. The fourth-order valence-electron chi connectivity index (χ4n) is 1.71. The molecular weight excluding hydrogens is 170 g/mol. The average molecular weight is 193 g/mol. The lowest BCUT2D eigenvalue weighted by Gasteiger charge is -2.26. The van der Waals surface area contributed by atoms with Crippen LogP contribution in [-0.2, 0) is 0 Å².